The van der Waals surface area contributed by atoms with Gasteiger partial charge in [0.25, 0.3) is 0 Å². The summed E-state index contributed by atoms with van der Waals surface area (Å²) >= 11 is 0. The Balaban J connectivity index is 1.36. The van der Waals surface area contributed by atoms with Crippen molar-refractivity contribution < 1.29 is 9.53 Å². The number of carbonyl (C=O) groups excluding carboxylic acids is 1. The third kappa shape index (κ3) is 4.45. The molecule has 0 bridgehead atoms. The summed E-state index contributed by atoms with van der Waals surface area (Å²) in [5.74, 6) is 0.697. The fourth-order valence-corrected chi connectivity index (χ4v) is 4.01. The van der Waals surface area contributed by atoms with Gasteiger partial charge in [-0.2, -0.15) is 0 Å². The number of benzene rings is 2. The van der Waals surface area contributed by atoms with Crippen LogP contribution in [-0.4, -0.2) is 37.0 Å². The Labute approximate surface area is 167 Å². The van der Waals surface area contributed by atoms with Crippen LogP contribution < -0.4 is 10.1 Å². The van der Waals surface area contributed by atoms with Crippen LogP contribution in [0.1, 0.15) is 36.0 Å². The number of hydrogen-bond donors (Lipinski definition) is 1. The fourth-order valence-electron chi connectivity index (χ4n) is 4.01. The maximum atomic E-state index is 12.3. The van der Waals surface area contributed by atoms with Crippen molar-refractivity contribution in [2.75, 3.05) is 25.5 Å². The molecule has 1 N–H and O–H groups in total. The standard InChI is InChI=1S/C24H28N2O2/c1-28-23-10-5-18(6-11-23)7-12-24(27)25-21-9-8-19-13-15-26(22-3-2-4-22)16-14-20(19)17-21/h5-12,17,22H,2-4,13-16H2,1H3,(H,25,27)/b12-7+. The second-order valence-electron chi connectivity index (χ2n) is 7.70. The number of fused-ring (bicyclic) bond motifs is 1. The first-order valence-corrected chi connectivity index (χ1v) is 10.2. The van der Waals surface area contributed by atoms with Crippen molar-refractivity contribution in [3.63, 3.8) is 0 Å². The molecule has 1 fully saturated rings. The average Bonchev–Trinajstić information content (AvgIpc) is 2.88. The maximum Gasteiger partial charge on any atom is 0.248 e. The normalized spacial score (nSPS) is 17.6. The lowest BCUT2D eigenvalue weighted by Crippen LogP contribution is -2.41. The highest BCUT2D eigenvalue weighted by Crippen LogP contribution is 2.28. The molecule has 0 aromatic heterocycles. The van der Waals surface area contributed by atoms with E-state index in [1.165, 1.54) is 30.4 Å². The van der Waals surface area contributed by atoms with Gasteiger partial charge in [0, 0.05) is 30.9 Å². The Kier molecular flexibility index (Phi) is 5.77. The summed E-state index contributed by atoms with van der Waals surface area (Å²) in [5, 5.41) is 3.00. The molecule has 4 rings (SSSR count). The predicted octanol–water partition coefficient (Wildman–Crippen LogP) is 4.30. The van der Waals surface area contributed by atoms with Gasteiger partial charge in [-0.3, -0.25) is 9.69 Å². The first-order chi connectivity index (χ1) is 13.7. The molecule has 0 atom stereocenters. The van der Waals surface area contributed by atoms with Gasteiger partial charge >= 0.3 is 0 Å². The van der Waals surface area contributed by atoms with Gasteiger partial charge in [0.1, 0.15) is 5.75 Å². The van der Waals surface area contributed by atoms with Crippen LogP contribution in [0.4, 0.5) is 5.69 Å². The van der Waals surface area contributed by atoms with Crippen LogP contribution >= 0.6 is 0 Å². The van der Waals surface area contributed by atoms with Crippen molar-refractivity contribution in [2.45, 2.75) is 38.1 Å². The molecule has 4 heteroatoms. The van der Waals surface area contributed by atoms with E-state index in [4.69, 9.17) is 4.74 Å². The maximum absolute atomic E-state index is 12.3. The number of nitrogens with zero attached hydrogens (tertiary/aromatic N) is 1. The summed E-state index contributed by atoms with van der Waals surface area (Å²) in [4.78, 5) is 15.0. The molecule has 1 aliphatic heterocycles. The van der Waals surface area contributed by atoms with E-state index in [9.17, 15) is 4.79 Å². The quantitative estimate of drug-likeness (QED) is 0.791. The molecule has 2 aromatic carbocycles. The molecule has 2 aromatic rings. The molecule has 1 heterocycles. The molecule has 1 saturated carbocycles. The monoisotopic (exact) mass is 376 g/mol. The number of anilines is 1. The average molecular weight is 377 g/mol. The summed E-state index contributed by atoms with van der Waals surface area (Å²) in [6, 6.07) is 14.8. The van der Waals surface area contributed by atoms with E-state index in [2.05, 4.69) is 22.3 Å². The van der Waals surface area contributed by atoms with Crippen molar-refractivity contribution in [2.24, 2.45) is 0 Å². The zero-order chi connectivity index (χ0) is 19.3. The topological polar surface area (TPSA) is 41.6 Å². The predicted molar refractivity (Wildman–Crippen MR) is 114 cm³/mol. The summed E-state index contributed by atoms with van der Waals surface area (Å²) in [6.45, 7) is 2.29. The number of hydrogen-bond acceptors (Lipinski definition) is 3. The van der Waals surface area contributed by atoms with Gasteiger partial charge < -0.3 is 10.1 Å². The molecule has 1 amide bonds. The van der Waals surface area contributed by atoms with Crippen LogP contribution in [0.5, 0.6) is 5.75 Å². The van der Waals surface area contributed by atoms with Crippen LogP contribution in [0.25, 0.3) is 6.08 Å². The number of ether oxygens (including phenoxy) is 1. The fraction of sp³-hybridized carbons (Fsp3) is 0.375. The van der Waals surface area contributed by atoms with Crippen molar-refractivity contribution in [3.05, 3.63) is 65.2 Å². The minimum atomic E-state index is -0.111. The van der Waals surface area contributed by atoms with Crippen LogP contribution in [0.2, 0.25) is 0 Å². The molecule has 0 spiro atoms. The van der Waals surface area contributed by atoms with Crippen LogP contribution in [0.15, 0.2) is 48.5 Å². The lowest BCUT2D eigenvalue weighted by molar-refractivity contribution is -0.111. The van der Waals surface area contributed by atoms with Crippen molar-refractivity contribution in [1.82, 2.24) is 4.90 Å². The molecular weight excluding hydrogens is 348 g/mol. The Morgan fingerprint density at radius 2 is 1.82 bits per heavy atom. The molecular formula is C24H28N2O2. The van der Waals surface area contributed by atoms with E-state index in [0.717, 1.165) is 49.0 Å². The number of nitrogens with one attached hydrogen (secondary N) is 1. The molecule has 1 aliphatic carbocycles. The van der Waals surface area contributed by atoms with E-state index in [-0.39, 0.29) is 5.91 Å². The van der Waals surface area contributed by atoms with Crippen molar-refractivity contribution >= 4 is 17.7 Å². The van der Waals surface area contributed by atoms with Crippen LogP contribution in [0.3, 0.4) is 0 Å². The smallest absolute Gasteiger partial charge is 0.248 e. The highest BCUT2D eigenvalue weighted by molar-refractivity contribution is 6.02. The number of rotatable bonds is 5. The molecule has 2 aliphatic rings. The largest absolute Gasteiger partial charge is 0.497 e. The lowest BCUT2D eigenvalue weighted by atomic mass is 9.91. The molecule has 0 unspecified atom stereocenters. The van der Waals surface area contributed by atoms with Crippen LogP contribution in [-0.2, 0) is 17.6 Å². The third-order valence-electron chi connectivity index (χ3n) is 5.94. The van der Waals surface area contributed by atoms with E-state index in [0.29, 0.717) is 0 Å². The second-order valence-corrected chi connectivity index (χ2v) is 7.70. The lowest BCUT2D eigenvalue weighted by Gasteiger charge is -2.36. The van der Waals surface area contributed by atoms with E-state index in [1.807, 2.05) is 36.4 Å². The van der Waals surface area contributed by atoms with E-state index in [1.54, 1.807) is 13.2 Å². The zero-order valence-electron chi connectivity index (χ0n) is 16.5. The zero-order valence-corrected chi connectivity index (χ0v) is 16.5. The summed E-state index contributed by atoms with van der Waals surface area (Å²) < 4.78 is 5.15. The highest BCUT2D eigenvalue weighted by atomic mass is 16.5. The summed E-state index contributed by atoms with van der Waals surface area (Å²) in [7, 11) is 1.64. The molecule has 4 nitrogen and oxygen atoms in total. The highest BCUT2D eigenvalue weighted by Gasteiger charge is 2.26. The summed E-state index contributed by atoms with van der Waals surface area (Å²) in [5.41, 5.74) is 4.64. The van der Waals surface area contributed by atoms with Gasteiger partial charge in [0.15, 0.2) is 0 Å². The molecule has 0 radical (unpaired) electrons. The second kappa shape index (κ2) is 8.61. The van der Waals surface area contributed by atoms with Crippen molar-refractivity contribution in [3.8, 4) is 5.75 Å². The van der Waals surface area contributed by atoms with Crippen LogP contribution in [0, 0.1) is 0 Å². The van der Waals surface area contributed by atoms with Gasteiger partial charge in [0.2, 0.25) is 5.91 Å². The Morgan fingerprint density at radius 3 is 2.50 bits per heavy atom. The Bertz CT molecular complexity index is 853. The number of amides is 1. The summed E-state index contributed by atoms with van der Waals surface area (Å²) in [6.07, 6.45) is 9.67. The first kappa shape index (κ1) is 18.8. The Morgan fingerprint density at radius 1 is 1.07 bits per heavy atom. The van der Waals surface area contributed by atoms with Crippen molar-refractivity contribution in [1.29, 1.82) is 0 Å². The number of methoxy groups -OCH3 is 1. The molecule has 146 valence electrons. The van der Waals surface area contributed by atoms with E-state index >= 15 is 0 Å². The van der Waals surface area contributed by atoms with Gasteiger partial charge in [0.05, 0.1) is 7.11 Å². The minimum Gasteiger partial charge on any atom is -0.497 e. The Hall–Kier alpha value is -2.59. The first-order valence-electron chi connectivity index (χ1n) is 10.2. The molecule has 0 saturated heterocycles. The SMILES string of the molecule is COc1ccc(/C=C/C(=O)Nc2ccc3c(c2)CCN(C2CCC2)CC3)cc1. The third-order valence-corrected chi connectivity index (χ3v) is 5.94. The van der Waals surface area contributed by atoms with Gasteiger partial charge in [-0.05, 0) is 72.7 Å². The van der Waals surface area contributed by atoms with E-state index < -0.39 is 0 Å². The van der Waals surface area contributed by atoms with Gasteiger partial charge in [-0.15, -0.1) is 0 Å². The van der Waals surface area contributed by atoms with Gasteiger partial charge in [-0.1, -0.05) is 24.6 Å². The minimum absolute atomic E-state index is 0.111. The molecule has 28 heavy (non-hydrogen) atoms. The number of carbonyl (C=O) groups is 1. The van der Waals surface area contributed by atoms with Gasteiger partial charge in [-0.25, -0.2) is 0 Å².